The van der Waals surface area contributed by atoms with Crippen LogP contribution in [0.15, 0.2) is 30.6 Å². The van der Waals surface area contributed by atoms with Gasteiger partial charge in [-0.1, -0.05) is 38.4 Å². The van der Waals surface area contributed by atoms with Gasteiger partial charge in [-0.2, -0.15) is 0 Å². The van der Waals surface area contributed by atoms with Crippen LogP contribution in [0.1, 0.15) is 52.0 Å². The summed E-state index contributed by atoms with van der Waals surface area (Å²) in [5.41, 5.74) is 0.413. The molecule has 36 heavy (non-hydrogen) atoms. The maximum Gasteiger partial charge on any atom is 0.226 e. The number of halogens is 2. The number of nitrogens with zero attached hydrogens (tertiary/aromatic N) is 4. The largest absolute Gasteiger partial charge is 0.493 e. The zero-order chi connectivity index (χ0) is 25.9. The first-order valence-electron chi connectivity index (χ1n) is 13.0. The van der Waals surface area contributed by atoms with Crippen molar-refractivity contribution < 1.29 is 13.9 Å². The highest BCUT2D eigenvalue weighted by Crippen LogP contribution is 2.49. The van der Waals surface area contributed by atoms with E-state index < -0.39 is 0 Å². The Labute approximate surface area is 219 Å². The van der Waals surface area contributed by atoms with Crippen molar-refractivity contribution in [3.8, 4) is 5.75 Å². The summed E-state index contributed by atoms with van der Waals surface area (Å²) in [6, 6.07) is 4.85. The molecule has 0 bridgehead atoms. The van der Waals surface area contributed by atoms with E-state index in [2.05, 4.69) is 35.6 Å². The second kappa shape index (κ2) is 11.3. The van der Waals surface area contributed by atoms with Crippen LogP contribution >= 0.6 is 11.6 Å². The Bertz CT molecular complexity index is 1030. The van der Waals surface area contributed by atoms with Gasteiger partial charge in [0.25, 0.3) is 0 Å². The second-order valence-corrected chi connectivity index (χ2v) is 12.0. The van der Waals surface area contributed by atoms with Crippen LogP contribution < -0.4 is 9.64 Å². The fourth-order valence-electron chi connectivity index (χ4n) is 5.36. The molecule has 2 aliphatic rings. The first-order chi connectivity index (χ1) is 17.1. The molecule has 2 fully saturated rings. The Hall–Kier alpha value is -2.41. The van der Waals surface area contributed by atoms with E-state index in [9.17, 15) is 9.18 Å². The zero-order valence-electron chi connectivity index (χ0n) is 21.8. The highest BCUT2D eigenvalue weighted by Gasteiger charge is 2.43. The minimum atomic E-state index is -0.384. The fourth-order valence-corrected chi connectivity index (χ4v) is 5.46. The summed E-state index contributed by atoms with van der Waals surface area (Å²) in [4.78, 5) is 25.0. The molecule has 0 radical (unpaired) electrons. The lowest BCUT2D eigenvalue weighted by molar-refractivity contribution is -0.130. The van der Waals surface area contributed by atoms with E-state index in [0.29, 0.717) is 35.4 Å². The summed E-state index contributed by atoms with van der Waals surface area (Å²) in [7, 11) is 1.77. The summed E-state index contributed by atoms with van der Waals surface area (Å²) in [5.74, 6) is 3.02. The van der Waals surface area contributed by atoms with Crippen molar-refractivity contribution in [3.05, 3.63) is 47.0 Å². The van der Waals surface area contributed by atoms with Crippen molar-refractivity contribution >= 4 is 23.5 Å². The lowest BCUT2D eigenvalue weighted by Gasteiger charge is -2.32. The van der Waals surface area contributed by atoms with Gasteiger partial charge in [-0.3, -0.25) is 4.79 Å². The van der Waals surface area contributed by atoms with Gasteiger partial charge in [-0.25, -0.2) is 14.4 Å². The molecule has 2 aromatic rings. The smallest absolute Gasteiger partial charge is 0.226 e. The lowest BCUT2D eigenvalue weighted by Crippen LogP contribution is -2.35. The van der Waals surface area contributed by atoms with Gasteiger partial charge in [0.2, 0.25) is 11.9 Å². The molecule has 0 spiro atoms. The number of carbonyl (C=O) groups excluding carboxylic acids is 1. The van der Waals surface area contributed by atoms with E-state index in [1.165, 1.54) is 12.5 Å². The first-order valence-corrected chi connectivity index (χ1v) is 13.3. The van der Waals surface area contributed by atoms with Crippen molar-refractivity contribution in [2.24, 2.45) is 23.2 Å². The third-order valence-corrected chi connectivity index (χ3v) is 7.47. The van der Waals surface area contributed by atoms with E-state index in [0.717, 1.165) is 50.1 Å². The highest BCUT2D eigenvalue weighted by molar-refractivity contribution is 6.30. The van der Waals surface area contributed by atoms with Gasteiger partial charge in [0, 0.05) is 32.7 Å². The third-order valence-electron chi connectivity index (χ3n) is 7.27. The topological polar surface area (TPSA) is 58.6 Å². The number of benzene rings is 1. The van der Waals surface area contributed by atoms with Gasteiger partial charge in [0.05, 0.1) is 30.4 Å². The standard InChI is InChI=1S/C28H38ClFN4O2/c1-28(2,3)18-33(4)26(35)14-21-5-6-23(15-25(21)30)36-12-9-20-13-24(20)19-7-10-34(11-8-19)27-31-16-22(29)17-32-27/h5-6,15-17,19-20,24H,7-14,18H2,1-4H3. The molecule has 196 valence electrons. The molecule has 4 rings (SSSR count). The first kappa shape index (κ1) is 26.6. The van der Waals surface area contributed by atoms with Gasteiger partial charge in [0.1, 0.15) is 11.6 Å². The predicted octanol–water partition coefficient (Wildman–Crippen LogP) is 5.64. The van der Waals surface area contributed by atoms with Crippen molar-refractivity contribution in [1.29, 1.82) is 0 Å². The van der Waals surface area contributed by atoms with E-state index >= 15 is 0 Å². The van der Waals surface area contributed by atoms with Gasteiger partial charge in [-0.15, -0.1) is 0 Å². The molecule has 2 unspecified atom stereocenters. The van der Waals surface area contributed by atoms with E-state index in [4.69, 9.17) is 16.3 Å². The number of aromatic nitrogens is 2. The molecule has 1 saturated heterocycles. The van der Waals surface area contributed by atoms with Crippen molar-refractivity contribution in [1.82, 2.24) is 14.9 Å². The quantitative estimate of drug-likeness (QED) is 0.432. The summed E-state index contributed by atoms with van der Waals surface area (Å²) < 4.78 is 20.5. The summed E-state index contributed by atoms with van der Waals surface area (Å²) in [5, 5.41) is 0.560. The number of carbonyl (C=O) groups is 1. The van der Waals surface area contributed by atoms with Crippen LogP contribution in [0.2, 0.25) is 5.02 Å². The molecule has 6 nitrogen and oxygen atoms in total. The van der Waals surface area contributed by atoms with Crippen LogP contribution in [0.4, 0.5) is 10.3 Å². The van der Waals surface area contributed by atoms with Crippen LogP contribution in [-0.2, 0) is 11.2 Å². The molecule has 1 saturated carbocycles. The summed E-state index contributed by atoms with van der Waals surface area (Å²) in [6.07, 6.45) is 7.92. The van der Waals surface area contributed by atoms with E-state index in [-0.39, 0.29) is 23.6 Å². The Kier molecular flexibility index (Phi) is 8.38. The molecule has 0 N–H and O–H groups in total. The van der Waals surface area contributed by atoms with Gasteiger partial charge >= 0.3 is 0 Å². The van der Waals surface area contributed by atoms with Crippen molar-refractivity contribution in [3.63, 3.8) is 0 Å². The Morgan fingerprint density at radius 2 is 1.92 bits per heavy atom. The zero-order valence-corrected chi connectivity index (χ0v) is 22.6. The van der Waals surface area contributed by atoms with Crippen LogP contribution in [0, 0.1) is 29.0 Å². The monoisotopic (exact) mass is 516 g/mol. The molecular formula is C28H38ClFN4O2. The molecule has 1 aromatic carbocycles. The Morgan fingerprint density at radius 3 is 2.56 bits per heavy atom. The molecule has 2 heterocycles. The highest BCUT2D eigenvalue weighted by atomic mass is 35.5. The molecule has 1 aliphatic heterocycles. The number of hydrogen-bond acceptors (Lipinski definition) is 5. The van der Waals surface area contributed by atoms with Crippen LogP contribution in [0.3, 0.4) is 0 Å². The molecule has 1 amide bonds. The number of likely N-dealkylation sites (N-methyl/N-ethyl adjacent to an activating group) is 1. The lowest BCUT2D eigenvalue weighted by atomic mass is 9.90. The molecule has 8 heteroatoms. The SMILES string of the molecule is CN(CC(C)(C)C)C(=O)Cc1ccc(OCCC2CC2C2CCN(c3ncc(Cl)cn3)CC2)cc1F. The number of anilines is 1. The average molecular weight is 517 g/mol. The number of ether oxygens (including phenoxy) is 1. The van der Waals surface area contributed by atoms with Crippen LogP contribution in [0.25, 0.3) is 0 Å². The van der Waals surface area contributed by atoms with Crippen molar-refractivity contribution in [2.75, 3.05) is 38.2 Å². The van der Waals surface area contributed by atoms with E-state index in [1.807, 2.05) is 0 Å². The number of amides is 1. The average Bonchev–Trinajstić information content (AvgIpc) is 3.60. The minimum Gasteiger partial charge on any atom is -0.493 e. The fraction of sp³-hybridized carbons (Fsp3) is 0.607. The van der Waals surface area contributed by atoms with Gasteiger partial charge in [0.15, 0.2) is 0 Å². The molecule has 2 atom stereocenters. The number of rotatable bonds is 9. The maximum absolute atomic E-state index is 14.6. The Morgan fingerprint density at radius 1 is 1.22 bits per heavy atom. The third kappa shape index (κ3) is 7.31. The van der Waals surface area contributed by atoms with Crippen molar-refractivity contribution in [2.45, 2.75) is 52.9 Å². The Balaban J connectivity index is 1.17. The van der Waals surface area contributed by atoms with Gasteiger partial charge < -0.3 is 14.5 Å². The molecular weight excluding hydrogens is 479 g/mol. The molecule has 1 aliphatic carbocycles. The predicted molar refractivity (Wildman–Crippen MR) is 141 cm³/mol. The van der Waals surface area contributed by atoms with Gasteiger partial charge in [-0.05, 0) is 60.5 Å². The number of hydrogen-bond donors (Lipinski definition) is 0. The van der Waals surface area contributed by atoms with E-state index in [1.54, 1.807) is 36.5 Å². The normalized spacial score (nSPS) is 20.3. The minimum absolute atomic E-state index is 0.00488. The summed E-state index contributed by atoms with van der Waals surface area (Å²) >= 11 is 5.89. The summed E-state index contributed by atoms with van der Waals surface area (Å²) in [6.45, 7) is 9.41. The van der Waals surface area contributed by atoms with Crippen LogP contribution in [0.5, 0.6) is 5.75 Å². The maximum atomic E-state index is 14.6. The van der Waals surface area contributed by atoms with Crippen LogP contribution in [-0.4, -0.2) is 54.1 Å². The molecule has 1 aromatic heterocycles. The number of piperidine rings is 1. The second-order valence-electron chi connectivity index (χ2n) is 11.6.